The molecule has 1 amide bonds. The Balaban J connectivity index is 2.23. The number of anilines is 2. The van der Waals surface area contributed by atoms with Gasteiger partial charge in [0.05, 0.1) is 16.3 Å². The lowest BCUT2D eigenvalue weighted by molar-refractivity contribution is 0.101. The highest BCUT2D eigenvalue weighted by molar-refractivity contribution is 6.32. The van der Waals surface area contributed by atoms with Crippen molar-refractivity contribution in [1.82, 2.24) is 4.57 Å². The van der Waals surface area contributed by atoms with E-state index in [0.717, 1.165) is 0 Å². The molecule has 0 atom stereocenters. The summed E-state index contributed by atoms with van der Waals surface area (Å²) in [5.41, 5.74) is 7.60. The van der Waals surface area contributed by atoms with Crippen molar-refractivity contribution < 1.29 is 4.79 Å². The van der Waals surface area contributed by atoms with E-state index in [4.69, 9.17) is 22.6 Å². The maximum atomic E-state index is 12.2. The Morgan fingerprint density at radius 2 is 2.25 bits per heavy atom. The van der Waals surface area contributed by atoms with Crippen molar-refractivity contribution in [3.8, 4) is 6.07 Å². The first-order valence-corrected chi connectivity index (χ1v) is 6.39. The number of carbonyl (C=O) groups is 1. The van der Waals surface area contributed by atoms with Crippen molar-refractivity contribution in [3.05, 3.63) is 46.7 Å². The Morgan fingerprint density at radius 1 is 1.50 bits per heavy atom. The molecule has 0 aliphatic carbocycles. The Labute approximate surface area is 121 Å². The van der Waals surface area contributed by atoms with Gasteiger partial charge in [0.25, 0.3) is 5.91 Å². The monoisotopic (exact) mass is 288 g/mol. The summed E-state index contributed by atoms with van der Waals surface area (Å²) in [7, 11) is 0. The van der Waals surface area contributed by atoms with Gasteiger partial charge in [0, 0.05) is 18.4 Å². The van der Waals surface area contributed by atoms with Gasteiger partial charge < -0.3 is 15.6 Å². The molecule has 20 heavy (non-hydrogen) atoms. The summed E-state index contributed by atoms with van der Waals surface area (Å²) in [4.78, 5) is 12.2. The second-order valence-electron chi connectivity index (χ2n) is 4.21. The fourth-order valence-electron chi connectivity index (χ4n) is 1.86. The van der Waals surface area contributed by atoms with Gasteiger partial charge in [-0.3, -0.25) is 4.79 Å². The predicted molar refractivity (Wildman–Crippen MR) is 78.6 cm³/mol. The molecule has 2 aromatic rings. The molecule has 0 fully saturated rings. The number of halogens is 1. The molecule has 0 radical (unpaired) electrons. The average Bonchev–Trinajstić information content (AvgIpc) is 2.80. The van der Waals surface area contributed by atoms with Gasteiger partial charge in [-0.2, -0.15) is 5.26 Å². The van der Waals surface area contributed by atoms with Gasteiger partial charge in [-0.1, -0.05) is 11.6 Å². The van der Waals surface area contributed by atoms with Crippen LogP contribution >= 0.6 is 11.6 Å². The van der Waals surface area contributed by atoms with Crippen LogP contribution in [0.2, 0.25) is 5.02 Å². The van der Waals surface area contributed by atoms with E-state index in [1.54, 1.807) is 35.0 Å². The molecule has 102 valence electrons. The number of carbonyl (C=O) groups excluding carboxylic acids is 1. The average molecular weight is 289 g/mol. The maximum absolute atomic E-state index is 12.2. The summed E-state index contributed by atoms with van der Waals surface area (Å²) in [5.74, 6) is -0.274. The molecule has 0 saturated carbocycles. The molecule has 1 aromatic heterocycles. The third-order valence-electron chi connectivity index (χ3n) is 2.84. The first kappa shape index (κ1) is 14.0. The van der Waals surface area contributed by atoms with Crippen molar-refractivity contribution >= 4 is 28.9 Å². The minimum atomic E-state index is -0.274. The van der Waals surface area contributed by atoms with Crippen molar-refractivity contribution in [3.63, 3.8) is 0 Å². The van der Waals surface area contributed by atoms with E-state index in [-0.39, 0.29) is 5.91 Å². The maximum Gasteiger partial charge on any atom is 0.272 e. The molecule has 1 heterocycles. The van der Waals surface area contributed by atoms with Crippen LogP contribution in [0.25, 0.3) is 0 Å². The standard InChI is InChI=1S/C14H13ClN4O/c1-2-19-8-10(17)5-13(19)14(20)18-11-4-3-9(7-16)12(15)6-11/h3-6,8H,2,17H2,1H3,(H,18,20). The minimum absolute atomic E-state index is 0.274. The minimum Gasteiger partial charge on any atom is -0.397 e. The van der Waals surface area contributed by atoms with Gasteiger partial charge in [0.2, 0.25) is 0 Å². The molecule has 5 nitrogen and oxygen atoms in total. The number of benzene rings is 1. The SMILES string of the molecule is CCn1cc(N)cc1C(=O)Nc1ccc(C#N)c(Cl)c1. The van der Waals surface area contributed by atoms with Crippen molar-refractivity contribution in [2.75, 3.05) is 11.1 Å². The van der Waals surface area contributed by atoms with Crippen LogP contribution in [0.15, 0.2) is 30.5 Å². The number of nitriles is 1. The van der Waals surface area contributed by atoms with Gasteiger partial charge in [-0.05, 0) is 31.2 Å². The molecule has 2 rings (SSSR count). The third-order valence-corrected chi connectivity index (χ3v) is 3.15. The molecular formula is C14H13ClN4O. The lowest BCUT2D eigenvalue weighted by Crippen LogP contribution is -2.16. The largest absolute Gasteiger partial charge is 0.397 e. The molecule has 3 N–H and O–H groups in total. The van der Waals surface area contributed by atoms with E-state index >= 15 is 0 Å². The molecule has 0 aliphatic heterocycles. The van der Waals surface area contributed by atoms with Crippen LogP contribution in [0, 0.1) is 11.3 Å². The van der Waals surface area contributed by atoms with Crippen molar-refractivity contribution in [2.24, 2.45) is 0 Å². The summed E-state index contributed by atoms with van der Waals surface area (Å²) in [6.07, 6.45) is 1.71. The lowest BCUT2D eigenvalue weighted by atomic mass is 10.2. The number of hydrogen-bond acceptors (Lipinski definition) is 3. The molecule has 0 spiro atoms. The van der Waals surface area contributed by atoms with E-state index in [1.807, 2.05) is 13.0 Å². The van der Waals surface area contributed by atoms with E-state index in [2.05, 4.69) is 5.32 Å². The summed E-state index contributed by atoms with van der Waals surface area (Å²) in [5, 5.41) is 11.8. The highest BCUT2D eigenvalue weighted by atomic mass is 35.5. The molecular weight excluding hydrogens is 276 g/mol. The summed E-state index contributed by atoms with van der Waals surface area (Å²) >= 11 is 5.92. The fraction of sp³-hybridized carbons (Fsp3) is 0.143. The smallest absolute Gasteiger partial charge is 0.272 e. The predicted octanol–water partition coefficient (Wildman–Crippen LogP) is 2.87. The number of amides is 1. The van der Waals surface area contributed by atoms with Gasteiger partial charge in [0.1, 0.15) is 11.8 Å². The second kappa shape index (κ2) is 5.68. The molecule has 1 aromatic carbocycles. The molecule has 6 heteroatoms. The second-order valence-corrected chi connectivity index (χ2v) is 4.61. The zero-order valence-electron chi connectivity index (χ0n) is 10.9. The number of nitrogens with two attached hydrogens (primary N) is 1. The Bertz CT molecular complexity index is 700. The van der Waals surface area contributed by atoms with Gasteiger partial charge >= 0.3 is 0 Å². The van der Waals surface area contributed by atoms with Crippen molar-refractivity contribution in [2.45, 2.75) is 13.5 Å². The van der Waals surface area contributed by atoms with Crippen LogP contribution in [0.5, 0.6) is 0 Å². The molecule has 0 bridgehead atoms. The number of aromatic nitrogens is 1. The number of aryl methyl sites for hydroxylation is 1. The van der Waals surface area contributed by atoms with Crippen LogP contribution < -0.4 is 11.1 Å². The van der Waals surface area contributed by atoms with Gasteiger partial charge in [-0.15, -0.1) is 0 Å². The topological polar surface area (TPSA) is 83.8 Å². The van der Waals surface area contributed by atoms with E-state index < -0.39 is 0 Å². The summed E-state index contributed by atoms with van der Waals surface area (Å²) in [6, 6.07) is 8.31. The number of rotatable bonds is 3. The van der Waals surface area contributed by atoms with E-state index in [9.17, 15) is 4.79 Å². The van der Waals surface area contributed by atoms with Crippen LogP contribution in [-0.4, -0.2) is 10.5 Å². The van der Waals surface area contributed by atoms with Crippen LogP contribution in [0.3, 0.4) is 0 Å². The molecule has 0 unspecified atom stereocenters. The van der Waals surface area contributed by atoms with Crippen LogP contribution in [0.1, 0.15) is 23.0 Å². The van der Waals surface area contributed by atoms with Crippen LogP contribution in [-0.2, 0) is 6.54 Å². The fourth-order valence-corrected chi connectivity index (χ4v) is 2.09. The number of nitrogen functional groups attached to an aromatic ring is 1. The molecule has 0 aliphatic rings. The first-order chi connectivity index (χ1) is 9.55. The van der Waals surface area contributed by atoms with Crippen molar-refractivity contribution in [1.29, 1.82) is 5.26 Å². The Hall–Kier alpha value is -2.45. The zero-order chi connectivity index (χ0) is 14.7. The van der Waals surface area contributed by atoms with Crippen LogP contribution in [0.4, 0.5) is 11.4 Å². The quantitative estimate of drug-likeness (QED) is 0.911. The number of hydrogen-bond donors (Lipinski definition) is 2. The summed E-state index contributed by atoms with van der Waals surface area (Å²) < 4.78 is 1.76. The zero-order valence-corrected chi connectivity index (χ0v) is 11.6. The van der Waals surface area contributed by atoms with E-state index in [1.165, 1.54) is 0 Å². The van der Waals surface area contributed by atoms with Gasteiger partial charge in [0.15, 0.2) is 0 Å². The van der Waals surface area contributed by atoms with E-state index in [0.29, 0.717) is 34.2 Å². The van der Waals surface area contributed by atoms with Gasteiger partial charge in [-0.25, -0.2) is 0 Å². The normalized spacial score (nSPS) is 10.1. The highest BCUT2D eigenvalue weighted by Gasteiger charge is 2.13. The Morgan fingerprint density at radius 3 is 2.85 bits per heavy atom. The Kier molecular flexibility index (Phi) is 3.97. The summed E-state index contributed by atoms with van der Waals surface area (Å²) in [6.45, 7) is 2.57. The third kappa shape index (κ3) is 2.76. The number of nitrogens with zero attached hydrogens (tertiary/aromatic N) is 2. The molecule has 0 saturated heterocycles. The lowest BCUT2D eigenvalue weighted by Gasteiger charge is -2.08. The first-order valence-electron chi connectivity index (χ1n) is 6.01. The number of nitrogens with one attached hydrogen (secondary N) is 1. The highest BCUT2D eigenvalue weighted by Crippen LogP contribution is 2.21.